The molecule has 1 rings (SSSR count). The third-order valence-electron chi connectivity index (χ3n) is 2.92. The molecule has 0 saturated carbocycles. The molecular formula is C15H16N2. The van der Waals surface area contributed by atoms with Gasteiger partial charge < -0.3 is 0 Å². The summed E-state index contributed by atoms with van der Waals surface area (Å²) in [5, 5.41) is 17.5. The molecule has 0 spiro atoms. The molecule has 0 unspecified atom stereocenters. The van der Waals surface area contributed by atoms with Crippen molar-refractivity contribution in [1.29, 1.82) is 10.5 Å². The molecule has 2 heteroatoms. The summed E-state index contributed by atoms with van der Waals surface area (Å²) in [6.07, 6.45) is 1.64. The number of rotatable bonds is 3. The monoisotopic (exact) mass is 224 g/mol. The fraction of sp³-hybridized carbons (Fsp3) is 0.333. The summed E-state index contributed by atoms with van der Waals surface area (Å²) in [6, 6.07) is 10.2. The van der Waals surface area contributed by atoms with E-state index in [1.165, 1.54) is 16.7 Å². The molecule has 0 atom stereocenters. The van der Waals surface area contributed by atoms with Crippen LogP contribution in [0.2, 0.25) is 0 Å². The average Bonchev–Trinajstić information content (AvgIpc) is 2.29. The minimum atomic E-state index is 0.245. The first-order valence-corrected chi connectivity index (χ1v) is 5.64. The highest BCUT2D eigenvalue weighted by molar-refractivity contribution is 5.40. The quantitative estimate of drug-likeness (QED) is 0.736. The van der Waals surface area contributed by atoms with Crippen LogP contribution in [0.1, 0.15) is 30.0 Å². The van der Waals surface area contributed by atoms with E-state index in [9.17, 15) is 0 Å². The molecule has 2 nitrogen and oxygen atoms in total. The Kier molecular flexibility index (Phi) is 4.49. The average molecular weight is 224 g/mol. The Hall–Kier alpha value is -2.06. The van der Waals surface area contributed by atoms with Gasteiger partial charge in [-0.1, -0.05) is 23.8 Å². The zero-order valence-corrected chi connectivity index (χ0v) is 10.5. The van der Waals surface area contributed by atoms with Gasteiger partial charge in [-0.3, -0.25) is 0 Å². The smallest absolute Gasteiger partial charge is 0.128 e. The van der Waals surface area contributed by atoms with Gasteiger partial charge in [0, 0.05) is 0 Å². The summed E-state index contributed by atoms with van der Waals surface area (Å²) in [5.74, 6) is 0. The lowest BCUT2D eigenvalue weighted by atomic mass is 9.98. The first kappa shape index (κ1) is 13.0. The largest absolute Gasteiger partial charge is 0.192 e. The molecule has 0 heterocycles. The van der Waals surface area contributed by atoms with Crippen LogP contribution in [0.4, 0.5) is 0 Å². The van der Waals surface area contributed by atoms with Crippen molar-refractivity contribution in [3.8, 4) is 12.1 Å². The normalized spacial score (nSPS) is 9.24. The van der Waals surface area contributed by atoms with Gasteiger partial charge in [-0.05, 0) is 50.3 Å². The number of hydrogen-bond acceptors (Lipinski definition) is 2. The highest BCUT2D eigenvalue weighted by Gasteiger charge is 2.03. The third kappa shape index (κ3) is 3.47. The lowest BCUT2D eigenvalue weighted by molar-refractivity contribution is 0.925. The van der Waals surface area contributed by atoms with Crippen molar-refractivity contribution in [2.24, 2.45) is 0 Å². The maximum Gasteiger partial charge on any atom is 0.128 e. The second-order valence-electron chi connectivity index (χ2n) is 4.31. The Labute approximate surface area is 103 Å². The van der Waals surface area contributed by atoms with Crippen LogP contribution in [-0.4, -0.2) is 0 Å². The number of nitriles is 2. The molecule has 1 aromatic carbocycles. The summed E-state index contributed by atoms with van der Waals surface area (Å²) in [5.41, 5.74) is 4.93. The van der Waals surface area contributed by atoms with Gasteiger partial charge in [-0.15, -0.1) is 0 Å². The van der Waals surface area contributed by atoms with Crippen LogP contribution < -0.4 is 0 Å². The van der Waals surface area contributed by atoms with E-state index in [-0.39, 0.29) is 5.57 Å². The van der Waals surface area contributed by atoms with Crippen molar-refractivity contribution >= 4 is 0 Å². The Balaban J connectivity index is 2.79. The highest BCUT2D eigenvalue weighted by Crippen LogP contribution is 2.16. The Morgan fingerprint density at radius 2 is 1.82 bits per heavy atom. The predicted octanol–water partition coefficient (Wildman–Crippen LogP) is 3.60. The molecule has 0 bridgehead atoms. The maximum absolute atomic E-state index is 8.75. The van der Waals surface area contributed by atoms with E-state index in [1.807, 2.05) is 19.1 Å². The molecule has 0 fully saturated rings. The SMILES string of the molecule is CC(CCc1ccc(C)cc1C)=C(C#N)C#N. The summed E-state index contributed by atoms with van der Waals surface area (Å²) in [6.45, 7) is 6.02. The van der Waals surface area contributed by atoms with Gasteiger partial charge in [0.15, 0.2) is 0 Å². The molecule has 0 aliphatic rings. The second kappa shape index (κ2) is 5.87. The zero-order chi connectivity index (χ0) is 12.8. The molecule has 0 radical (unpaired) electrons. The molecule has 1 aromatic rings. The summed E-state index contributed by atoms with van der Waals surface area (Å²) in [7, 11) is 0. The van der Waals surface area contributed by atoms with E-state index in [0.717, 1.165) is 18.4 Å². The van der Waals surface area contributed by atoms with Crippen LogP contribution in [-0.2, 0) is 6.42 Å². The first-order chi connectivity index (χ1) is 8.08. The van der Waals surface area contributed by atoms with Gasteiger partial charge in [-0.25, -0.2) is 0 Å². The third-order valence-corrected chi connectivity index (χ3v) is 2.92. The van der Waals surface area contributed by atoms with Gasteiger partial charge in [0.1, 0.15) is 17.7 Å². The first-order valence-electron chi connectivity index (χ1n) is 5.64. The van der Waals surface area contributed by atoms with Crippen LogP contribution in [0.15, 0.2) is 29.3 Å². The van der Waals surface area contributed by atoms with Crippen LogP contribution in [0.5, 0.6) is 0 Å². The van der Waals surface area contributed by atoms with Crippen LogP contribution in [0, 0.1) is 36.5 Å². The van der Waals surface area contributed by atoms with Gasteiger partial charge in [0.05, 0.1) is 0 Å². The van der Waals surface area contributed by atoms with Crippen molar-refractivity contribution in [2.45, 2.75) is 33.6 Å². The van der Waals surface area contributed by atoms with Gasteiger partial charge in [-0.2, -0.15) is 10.5 Å². The minimum absolute atomic E-state index is 0.245. The van der Waals surface area contributed by atoms with E-state index in [0.29, 0.717) is 0 Å². The van der Waals surface area contributed by atoms with Crippen LogP contribution >= 0.6 is 0 Å². The van der Waals surface area contributed by atoms with Crippen molar-refractivity contribution in [2.75, 3.05) is 0 Å². The lowest BCUT2D eigenvalue weighted by Crippen LogP contribution is -1.93. The Morgan fingerprint density at radius 1 is 1.18 bits per heavy atom. The number of allylic oxidation sites excluding steroid dienone is 2. The van der Waals surface area contributed by atoms with Crippen molar-refractivity contribution in [3.05, 3.63) is 46.0 Å². The Bertz CT molecular complexity index is 509. The van der Waals surface area contributed by atoms with E-state index in [4.69, 9.17) is 10.5 Å². The second-order valence-corrected chi connectivity index (χ2v) is 4.31. The van der Waals surface area contributed by atoms with Crippen LogP contribution in [0.25, 0.3) is 0 Å². The molecule has 0 amide bonds. The van der Waals surface area contributed by atoms with Crippen LogP contribution in [0.3, 0.4) is 0 Å². The van der Waals surface area contributed by atoms with Crippen molar-refractivity contribution < 1.29 is 0 Å². The molecule has 86 valence electrons. The molecule has 17 heavy (non-hydrogen) atoms. The minimum Gasteiger partial charge on any atom is -0.192 e. The number of aryl methyl sites for hydroxylation is 3. The summed E-state index contributed by atoms with van der Waals surface area (Å²) >= 11 is 0. The predicted molar refractivity (Wildman–Crippen MR) is 68.2 cm³/mol. The lowest BCUT2D eigenvalue weighted by Gasteiger charge is -2.07. The topological polar surface area (TPSA) is 47.6 Å². The summed E-state index contributed by atoms with van der Waals surface area (Å²) in [4.78, 5) is 0. The summed E-state index contributed by atoms with van der Waals surface area (Å²) < 4.78 is 0. The fourth-order valence-corrected chi connectivity index (χ4v) is 1.79. The Morgan fingerprint density at radius 3 is 2.35 bits per heavy atom. The zero-order valence-electron chi connectivity index (χ0n) is 10.5. The molecular weight excluding hydrogens is 208 g/mol. The maximum atomic E-state index is 8.75. The van der Waals surface area contributed by atoms with E-state index >= 15 is 0 Å². The van der Waals surface area contributed by atoms with Gasteiger partial charge in [0.25, 0.3) is 0 Å². The molecule has 0 aromatic heterocycles. The van der Waals surface area contributed by atoms with Crippen molar-refractivity contribution in [1.82, 2.24) is 0 Å². The van der Waals surface area contributed by atoms with Gasteiger partial charge >= 0.3 is 0 Å². The van der Waals surface area contributed by atoms with E-state index in [1.54, 1.807) is 0 Å². The standard InChI is InChI=1S/C15H16N2/c1-11-4-6-14(13(3)8-11)7-5-12(2)15(9-16)10-17/h4,6,8H,5,7H2,1-3H3. The molecule has 0 aliphatic carbocycles. The molecule has 0 saturated heterocycles. The number of nitrogens with zero attached hydrogens (tertiary/aromatic N) is 2. The van der Waals surface area contributed by atoms with E-state index in [2.05, 4.69) is 32.0 Å². The van der Waals surface area contributed by atoms with Gasteiger partial charge in [0.2, 0.25) is 0 Å². The number of benzene rings is 1. The molecule has 0 aliphatic heterocycles. The van der Waals surface area contributed by atoms with Crippen molar-refractivity contribution in [3.63, 3.8) is 0 Å². The van der Waals surface area contributed by atoms with E-state index < -0.39 is 0 Å². The molecule has 0 N–H and O–H groups in total. The fourth-order valence-electron chi connectivity index (χ4n) is 1.79. The highest BCUT2D eigenvalue weighted by atomic mass is 14.3. The number of hydrogen-bond donors (Lipinski definition) is 0.